The zero-order valence-corrected chi connectivity index (χ0v) is 30.1. The van der Waals surface area contributed by atoms with Gasteiger partial charge in [-0.05, 0) is 124 Å². The molecule has 0 saturated heterocycles. The molecule has 8 rings (SSSR count). The quantitative estimate of drug-likeness (QED) is 0.116. The summed E-state index contributed by atoms with van der Waals surface area (Å²) < 4.78 is 2.17. The Morgan fingerprint density at radius 2 is 1.25 bits per heavy atom. The Kier molecular flexibility index (Phi) is 8.97. The maximum Gasteiger partial charge on any atom is 0.145 e. The Morgan fingerprint density at radius 3 is 1.88 bits per heavy atom. The Labute approximate surface area is 306 Å². The molecule has 5 aromatic carbocycles. The van der Waals surface area contributed by atoms with E-state index in [1.54, 1.807) is 0 Å². The summed E-state index contributed by atoms with van der Waals surface area (Å²) in [6, 6.07) is 41.8. The highest BCUT2D eigenvalue weighted by Crippen LogP contribution is 2.44. The van der Waals surface area contributed by atoms with Crippen LogP contribution in [0.2, 0.25) is 0 Å². The van der Waals surface area contributed by atoms with E-state index in [4.69, 9.17) is 4.98 Å². The first-order valence-electron chi connectivity index (χ1n) is 18.2. The van der Waals surface area contributed by atoms with Crippen LogP contribution in [0.5, 0.6) is 0 Å². The highest BCUT2D eigenvalue weighted by molar-refractivity contribution is 6.19. The lowest BCUT2D eigenvalue weighted by Crippen LogP contribution is -1.99. The highest BCUT2D eigenvalue weighted by atomic mass is 15.1. The molecule has 2 heterocycles. The first-order chi connectivity index (χ1) is 25.5. The van der Waals surface area contributed by atoms with Crippen LogP contribution in [0, 0.1) is 6.92 Å². The standard InChI is InChI=1S/C50H42N2/c1-5-6-8-16-35(3)52-36(4)47(46-23-15-32-51-50(46)52)33-34(2)37-24-28-40(29-25-37)48-42-19-11-13-21-44(42)49(45-22-14-12-20-43(45)48)41-30-26-39(27-31-41)38-17-9-7-10-18-38/h5-24,26-28,30-33H,3,25,29H2,1-2,4H3/b6-5-,16-8-,34-33+. The van der Waals surface area contributed by atoms with E-state index < -0.39 is 0 Å². The van der Waals surface area contributed by atoms with Gasteiger partial charge in [0.1, 0.15) is 5.65 Å². The minimum absolute atomic E-state index is 0.899. The molecule has 0 radical (unpaired) electrons. The van der Waals surface area contributed by atoms with E-state index in [1.165, 1.54) is 71.6 Å². The first-order valence-corrected chi connectivity index (χ1v) is 18.2. The Hall–Kier alpha value is -6.25. The van der Waals surface area contributed by atoms with Gasteiger partial charge in [0.2, 0.25) is 0 Å². The van der Waals surface area contributed by atoms with Crippen molar-refractivity contribution in [3.05, 3.63) is 192 Å². The van der Waals surface area contributed by atoms with Crippen molar-refractivity contribution in [3.8, 4) is 22.3 Å². The fourth-order valence-corrected chi connectivity index (χ4v) is 7.87. The van der Waals surface area contributed by atoms with Gasteiger partial charge in [-0.2, -0.15) is 0 Å². The van der Waals surface area contributed by atoms with Crippen LogP contribution in [0.3, 0.4) is 0 Å². The average Bonchev–Trinajstić information content (AvgIpc) is 3.47. The molecule has 0 atom stereocenters. The van der Waals surface area contributed by atoms with Gasteiger partial charge in [-0.15, -0.1) is 0 Å². The van der Waals surface area contributed by atoms with Crippen LogP contribution in [0.1, 0.15) is 43.5 Å². The number of rotatable bonds is 8. The molecule has 52 heavy (non-hydrogen) atoms. The Bertz CT molecular complexity index is 2580. The summed E-state index contributed by atoms with van der Waals surface area (Å²) in [6.07, 6.45) is 19.0. The van der Waals surface area contributed by atoms with Crippen molar-refractivity contribution in [2.75, 3.05) is 0 Å². The van der Waals surface area contributed by atoms with Crippen molar-refractivity contribution in [2.24, 2.45) is 0 Å². The third-order valence-electron chi connectivity index (χ3n) is 10.4. The maximum absolute atomic E-state index is 4.76. The van der Waals surface area contributed by atoms with Gasteiger partial charge < -0.3 is 0 Å². The van der Waals surface area contributed by atoms with E-state index in [0.717, 1.165) is 35.3 Å². The van der Waals surface area contributed by atoms with Crippen LogP contribution < -0.4 is 0 Å². The zero-order chi connectivity index (χ0) is 35.6. The number of hydrogen-bond acceptors (Lipinski definition) is 1. The molecule has 7 aromatic rings. The smallest absolute Gasteiger partial charge is 0.145 e. The lowest BCUT2D eigenvalue weighted by molar-refractivity contribution is 0.989. The predicted octanol–water partition coefficient (Wildman–Crippen LogP) is 13.8. The third kappa shape index (κ3) is 5.97. The number of aromatic nitrogens is 2. The topological polar surface area (TPSA) is 17.8 Å². The molecule has 0 fully saturated rings. The van der Waals surface area contributed by atoms with Gasteiger partial charge in [-0.3, -0.25) is 4.57 Å². The van der Waals surface area contributed by atoms with Crippen LogP contribution in [0.25, 0.3) is 72.2 Å². The second-order valence-electron chi connectivity index (χ2n) is 13.6. The molecule has 1 aliphatic carbocycles. The van der Waals surface area contributed by atoms with E-state index in [1.807, 2.05) is 43.5 Å². The molecule has 0 aliphatic heterocycles. The average molecular weight is 671 g/mol. The molecule has 0 N–H and O–H groups in total. The summed E-state index contributed by atoms with van der Waals surface area (Å²) in [7, 11) is 0. The lowest BCUT2D eigenvalue weighted by Gasteiger charge is -2.22. The van der Waals surface area contributed by atoms with Crippen LogP contribution in [0.4, 0.5) is 0 Å². The van der Waals surface area contributed by atoms with Gasteiger partial charge in [0, 0.05) is 28.5 Å². The molecule has 0 unspecified atom stereocenters. The molecule has 0 saturated carbocycles. The summed E-state index contributed by atoms with van der Waals surface area (Å²) in [6.45, 7) is 10.8. The minimum Gasteiger partial charge on any atom is -0.299 e. The summed E-state index contributed by atoms with van der Waals surface area (Å²) in [5.74, 6) is 0. The second-order valence-corrected chi connectivity index (χ2v) is 13.6. The normalized spacial score (nSPS) is 13.8. The Morgan fingerprint density at radius 1 is 0.654 bits per heavy atom. The predicted molar refractivity (Wildman–Crippen MR) is 225 cm³/mol. The van der Waals surface area contributed by atoms with Gasteiger partial charge in [0.05, 0.1) is 0 Å². The molecule has 2 aromatic heterocycles. The van der Waals surface area contributed by atoms with Crippen molar-refractivity contribution in [2.45, 2.75) is 33.6 Å². The molecule has 2 heteroatoms. The lowest BCUT2D eigenvalue weighted by atomic mass is 9.82. The second kappa shape index (κ2) is 14.2. The summed E-state index contributed by atoms with van der Waals surface area (Å²) >= 11 is 0. The minimum atomic E-state index is 0.899. The molecule has 1 aliphatic rings. The summed E-state index contributed by atoms with van der Waals surface area (Å²) in [4.78, 5) is 4.76. The number of hydrogen-bond donors (Lipinski definition) is 0. The fraction of sp³-hybridized carbons (Fsp3) is 0.100. The van der Waals surface area contributed by atoms with E-state index >= 15 is 0 Å². The van der Waals surface area contributed by atoms with Crippen LogP contribution >= 0.6 is 0 Å². The molecule has 252 valence electrons. The Balaban J connectivity index is 1.19. The molecular weight excluding hydrogens is 629 g/mol. The first kappa shape index (κ1) is 32.9. The SMILES string of the molecule is C=C(/C=C\C=C/C)n1c(C)c(/C=C(\C)C2=CC=C(c3c4ccccc4c(-c4ccc(-c5ccccc5)cc4)c4ccccc34)CC2)c2cccnc21. The molecule has 2 nitrogen and oxygen atoms in total. The van der Waals surface area contributed by atoms with Crippen molar-refractivity contribution in [3.63, 3.8) is 0 Å². The van der Waals surface area contributed by atoms with E-state index in [2.05, 4.69) is 152 Å². The van der Waals surface area contributed by atoms with Crippen molar-refractivity contribution < 1.29 is 0 Å². The monoisotopic (exact) mass is 670 g/mol. The van der Waals surface area contributed by atoms with Crippen LogP contribution in [0.15, 0.2) is 176 Å². The summed E-state index contributed by atoms with van der Waals surface area (Å²) in [5.41, 5.74) is 14.5. The highest BCUT2D eigenvalue weighted by Gasteiger charge is 2.20. The molecule has 0 spiro atoms. The number of fused-ring (bicyclic) bond motifs is 3. The maximum atomic E-state index is 4.76. The van der Waals surface area contributed by atoms with Crippen LogP contribution in [-0.2, 0) is 0 Å². The van der Waals surface area contributed by atoms with Gasteiger partial charge >= 0.3 is 0 Å². The van der Waals surface area contributed by atoms with E-state index in [9.17, 15) is 0 Å². The van der Waals surface area contributed by atoms with Gasteiger partial charge in [0.25, 0.3) is 0 Å². The largest absolute Gasteiger partial charge is 0.299 e. The number of allylic oxidation sites excluding steroid dienone is 10. The number of nitrogens with zero attached hydrogens (tertiary/aromatic N) is 2. The summed E-state index contributed by atoms with van der Waals surface area (Å²) in [5, 5.41) is 6.33. The molecule has 0 amide bonds. The van der Waals surface area contributed by atoms with Gasteiger partial charge in [-0.1, -0.05) is 140 Å². The van der Waals surface area contributed by atoms with Gasteiger partial charge in [0.15, 0.2) is 0 Å². The molecule has 0 bridgehead atoms. The number of pyridine rings is 1. The van der Waals surface area contributed by atoms with E-state index in [-0.39, 0.29) is 0 Å². The fourth-order valence-electron chi connectivity index (χ4n) is 7.87. The van der Waals surface area contributed by atoms with Crippen LogP contribution in [-0.4, -0.2) is 9.55 Å². The molecular formula is C50H42N2. The third-order valence-corrected chi connectivity index (χ3v) is 10.4. The van der Waals surface area contributed by atoms with Crippen molar-refractivity contribution >= 4 is 49.9 Å². The van der Waals surface area contributed by atoms with Crippen molar-refractivity contribution in [1.29, 1.82) is 0 Å². The zero-order valence-electron chi connectivity index (χ0n) is 30.1. The van der Waals surface area contributed by atoms with Gasteiger partial charge in [-0.25, -0.2) is 4.98 Å². The van der Waals surface area contributed by atoms with Crippen molar-refractivity contribution in [1.82, 2.24) is 9.55 Å². The van der Waals surface area contributed by atoms with E-state index in [0.29, 0.717) is 0 Å². The number of benzene rings is 5.